The Kier molecular flexibility index (Phi) is 6.03. The van der Waals surface area contributed by atoms with Crippen LogP contribution in [0.15, 0.2) is 24.3 Å². The summed E-state index contributed by atoms with van der Waals surface area (Å²) in [4.78, 5) is 28.0. The van der Waals surface area contributed by atoms with E-state index in [-0.39, 0.29) is 30.1 Å². The van der Waals surface area contributed by atoms with Gasteiger partial charge in [-0.1, -0.05) is 12.1 Å². The van der Waals surface area contributed by atoms with E-state index in [1.165, 1.54) is 24.3 Å². The van der Waals surface area contributed by atoms with E-state index >= 15 is 0 Å². The number of hydrogen-bond donors (Lipinski definition) is 2. The van der Waals surface area contributed by atoms with Crippen LogP contribution in [0.25, 0.3) is 10.6 Å². The summed E-state index contributed by atoms with van der Waals surface area (Å²) >= 11 is 1.37. The highest BCUT2D eigenvalue weighted by atomic mass is 32.1. The molecule has 0 saturated carbocycles. The van der Waals surface area contributed by atoms with Gasteiger partial charge in [0.1, 0.15) is 10.8 Å². The number of carbonyl (C=O) groups excluding carboxylic acids is 2. The van der Waals surface area contributed by atoms with Gasteiger partial charge in [-0.25, -0.2) is 9.37 Å². The van der Waals surface area contributed by atoms with Gasteiger partial charge in [-0.3, -0.25) is 9.59 Å². The van der Waals surface area contributed by atoms with E-state index in [0.717, 1.165) is 10.6 Å². The highest BCUT2D eigenvalue weighted by Gasteiger charge is 2.18. The Bertz CT molecular complexity index is 745. The van der Waals surface area contributed by atoms with Crippen molar-refractivity contribution in [3.63, 3.8) is 0 Å². The zero-order valence-corrected chi connectivity index (χ0v) is 14.7. The van der Waals surface area contributed by atoms with Crippen molar-refractivity contribution in [3.8, 4) is 10.6 Å². The average molecular weight is 349 g/mol. The molecule has 5 nitrogen and oxygen atoms in total. The summed E-state index contributed by atoms with van der Waals surface area (Å²) in [6.45, 7) is 5.42. The van der Waals surface area contributed by atoms with Crippen LogP contribution in [0.1, 0.15) is 36.9 Å². The van der Waals surface area contributed by atoms with Crippen LogP contribution in [-0.2, 0) is 9.59 Å². The number of nitrogens with one attached hydrogen (secondary N) is 2. The molecule has 1 aromatic heterocycles. The fourth-order valence-corrected chi connectivity index (χ4v) is 3.39. The van der Waals surface area contributed by atoms with Gasteiger partial charge in [-0.2, -0.15) is 0 Å². The zero-order chi connectivity index (χ0) is 17.7. The third-order valence-corrected chi connectivity index (χ3v) is 4.81. The molecule has 1 atom stereocenters. The number of rotatable bonds is 6. The molecule has 0 bridgehead atoms. The molecular weight excluding hydrogens is 329 g/mol. The Balaban J connectivity index is 2.05. The maximum absolute atomic E-state index is 13.9. The highest BCUT2D eigenvalue weighted by molar-refractivity contribution is 7.15. The quantitative estimate of drug-likeness (QED) is 0.842. The van der Waals surface area contributed by atoms with Crippen LogP contribution in [0.5, 0.6) is 0 Å². The molecule has 2 aromatic rings. The van der Waals surface area contributed by atoms with Crippen molar-refractivity contribution in [1.29, 1.82) is 0 Å². The number of benzene rings is 1. The normalized spacial score (nSPS) is 11.8. The molecule has 0 aliphatic heterocycles. The molecule has 2 N–H and O–H groups in total. The lowest BCUT2D eigenvalue weighted by Gasteiger charge is -2.13. The van der Waals surface area contributed by atoms with E-state index in [2.05, 4.69) is 15.6 Å². The van der Waals surface area contributed by atoms with E-state index in [9.17, 15) is 14.0 Å². The van der Waals surface area contributed by atoms with Crippen molar-refractivity contribution in [1.82, 2.24) is 15.6 Å². The number of aromatic nitrogens is 1. The third kappa shape index (κ3) is 4.61. The molecule has 0 saturated heterocycles. The molecule has 24 heavy (non-hydrogen) atoms. The molecule has 0 radical (unpaired) electrons. The SMILES string of the molecule is CC(=O)NCCC(=O)NC(C)c1sc(-c2ccccc2F)nc1C. The van der Waals surface area contributed by atoms with Gasteiger partial charge in [0.15, 0.2) is 0 Å². The van der Waals surface area contributed by atoms with Gasteiger partial charge < -0.3 is 10.6 Å². The summed E-state index contributed by atoms with van der Waals surface area (Å²) in [5.41, 5.74) is 1.23. The van der Waals surface area contributed by atoms with Crippen molar-refractivity contribution >= 4 is 23.2 Å². The summed E-state index contributed by atoms with van der Waals surface area (Å²) < 4.78 is 13.9. The Labute approximate surface area is 144 Å². The van der Waals surface area contributed by atoms with Crippen molar-refractivity contribution in [2.45, 2.75) is 33.2 Å². The van der Waals surface area contributed by atoms with Crippen molar-refractivity contribution < 1.29 is 14.0 Å². The van der Waals surface area contributed by atoms with Gasteiger partial charge in [0.05, 0.1) is 16.6 Å². The summed E-state index contributed by atoms with van der Waals surface area (Å²) in [6.07, 6.45) is 0.210. The molecule has 0 fully saturated rings. The molecule has 1 heterocycles. The fraction of sp³-hybridized carbons (Fsp3) is 0.353. The molecule has 1 aromatic carbocycles. The first-order chi connectivity index (χ1) is 11.4. The Morgan fingerprint density at radius 1 is 1.33 bits per heavy atom. The van der Waals surface area contributed by atoms with E-state index in [1.54, 1.807) is 18.2 Å². The number of nitrogens with zero attached hydrogens (tertiary/aromatic N) is 1. The first-order valence-electron chi connectivity index (χ1n) is 7.64. The lowest BCUT2D eigenvalue weighted by Crippen LogP contribution is -2.31. The minimum absolute atomic E-state index is 0.156. The number of aryl methyl sites for hydroxylation is 1. The second-order valence-corrected chi connectivity index (χ2v) is 6.50. The zero-order valence-electron chi connectivity index (χ0n) is 13.9. The Morgan fingerprint density at radius 2 is 2.04 bits per heavy atom. The minimum Gasteiger partial charge on any atom is -0.356 e. The molecule has 2 rings (SSSR count). The molecular formula is C17H20FN3O2S. The lowest BCUT2D eigenvalue weighted by atomic mass is 10.2. The van der Waals surface area contributed by atoms with Gasteiger partial charge in [0.2, 0.25) is 11.8 Å². The van der Waals surface area contributed by atoms with Crippen molar-refractivity contribution in [3.05, 3.63) is 40.7 Å². The molecule has 0 aliphatic carbocycles. The molecule has 128 valence electrons. The summed E-state index contributed by atoms with van der Waals surface area (Å²) in [5.74, 6) is -0.634. The number of amides is 2. The topological polar surface area (TPSA) is 71.1 Å². The van der Waals surface area contributed by atoms with Gasteiger partial charge in [0, 0.05) is 25.5 Å². The van der Waals surface area contributed by atoms with Crippen LogP contribution >= 0.6 is 11.3 Å². The van der Waals surface area contributed by atoms with Crippen molar-refractivity contribution in [2.75, 3.05) is 6.54 Å². The van der Waals surface area contributed by atoms with E-state index < -0.39 is 0 Å². The largest absolute Gasteiger partial charge is 0.356 e. The summed E-state index contributed by atoms with van der Waals surface area (Å²) in [6, 6.07) is 6.26. The van der Waals surface area contributed by atoms with Crippen molar-refractivity contribution in [2.24, 2.45) is 0 Å². The van der Waals surface area contributed by atoms with Gasteiger partial charge >= 0.3 is 0 Å². The van der Waals surface area contributed by atoms with Crippen LogP contribution in [0.2, 0.25) is 0 Å². The summed E-state index contributed by atoms with van der Waals surface area (Å²) in [7, 11) is 0. The number of thiazole rings is 1. The van der Waals surface area contributed by atoms with Crippen LogP contribution in [0, 0.1) is 12.7 Å². The predicted molar refractivity (Wildman–Crippen MR) is 92.1 cm³/mol. The molecule has 2 amide bonds. The fourth-order valence-electron chi connectivity index (χ4n) is 2.29. The first-order valence-corrected chi connectivity index (χ1v) is 8.46. The first kappa shape index (κ1) is 18.1. The minimum atomic E-state index is -0.315. The van der Waals surface area contributed by atoms with Crippen LogP contribution in [0.4, 0.5) is 4.39 Å². The molecule has 0 spiro atoms. The van der Waals surface area contributed by atoms with Gasteiger partial charge in [-0.05, 0) is 26.0 Å². The van der Waals surface area contributed by atoms with Crippen LogP contribution in [-0.4, -0.2) is 23.3 Å². The maximum Gasteiger partial charge on any atom is 0.222 e. The van der Waals surface area contributed by atoms with E-state index in [4.69, 9.17) is 0 Å². The van der Waals surface area contributed by atoms with Gasteiger partial charge in [0.25, 0.3) is 0 Å². The Morgan fingerprint density at radius 3 is 2.71 bits per heavy atom. The van der Waals surface area contributed by atoms with Crippen LogP contribution < -0.4 is 10.6 Å². The summed E-state index contributed by atoms with van der Waals surface area (Å²) in [5, 5.41) is 6.06. The number of carbonyl (C=O) groups is 2. The monoisotopic (exact) mass is 349 g/mol. The highest BCUT2D eigenvalue weighted by Crippen LogP contribution is 2.32. The number of hydrogen-bond acceptors (Lipinski definition) is 4. The second-order valence-electron chi connectivity index (χ2n) is 5.47. The smallest absolute Gasteiger partial charge is 0.222 e. The number of halogens is 1. The molecule has 0 aliphatic rings. The Hall–Kier alpha value is -2.28. The van der Waals surface area contributed by atoms with Gasteiger partial charge in [-0.15, -0.1) is 11.3 Å². The van der Waals surface area contributed by atoms with E-state index in [0.29, 0.717) is 17.1 Å². The predicted octanol–water partition coefficient (Wildman–Crippen LogP) is 2.96. The second kappa shape index (κ2) is 8.01. The average Bonchev–Trinajstić information content (AvgIpc) is 2.89. The molecule has 1 unspecified atom stereocenters. The standard InChI is InChI=1S/C17H20FN3O2S/c1-10(20-15(23)8-9-19-12(3)22)16-11(2)21-17(24-16)13-6-4-5-7-14(13)18/h4-7,10H,8-9H2,1-3H3,(H,19,22)(H,20,23). The maximum atomic E-state index is 13.9. The molecule has 7 heteroatoms. The third-order valence-electron chi connectivity index (χ3n) is 3.43. The van der Waals surface area contributed by atoms with Crippen LogP contribution in [0.3, 0.4) is 0 Å². The van der Waals surface area contributed by atoms with E-state index in [1.807, 2.05) is 13.8 Å². The lowest BCUT2D eigenvalue weighted by molar-refractivity contribution is -0.122.